The van der Waals surface area contributed by atoms with Crippen LogP contribution in [0, 0.1) is 13.8 Å². The third kappa shape index (κ3) is 2.01. The molecular weight excluding hydrogens is 295 g/mol. The van der Waals surface area contributed by atoms with E-state index in [-0.39, 0.29) is 0 Å². The second kappa shape index (κ2) is 4.65. The van der Waals surface area contributed by atoms with Crippen LogP contribution < -0.4 is 5.73 Å². The predicted molar refractivity (Wildman–Crippen MR) is 82.3 cm³/mol. The maximum atomic E-state index is 6.24. The van der Waals surface area contributed by atoms with E-state index in [1.807, 2.05) is 26.0 Å². The van der Waals surface area contributed by atoms with E-state index in [1.54, 1.807) is 16.6 Å². The van der Waals surface area contributed by atoms with Crippen molar-refractivity contribution in [1.82, 2.24) is 14.6 Å². The monoisotopic (exact) mass is 306 g/mol. The van der Waals surface area contributed by atoms with Crippen LogP contribution in [-0.2, 0) is 0 Å². The second-order valence-corrected chi connectivity index (χ2v) is 5.46. The minimum atomic E-state index is 0.486. The summed E-state index contributed by atoms with van der Waals surface area (Å²) >= 11 is 12.0. The number of nitrogens with two attached hydrogens (primary N) is 1. The van der Waals surface area contributed by atoms with Crippen molar-refractivity contribution < 1.29 is 0 Å². The van der Waals surface area contributed by atoms with Crippen molar-refractivity contribution >= 4 is 34.7 Å². The molecule has 2 aromatic heterocycles. The number of fused-ring (bicyclic) bond motifs is 1. The molecule has 0 amide bonds. The standard InChI is InChI=1S/C14H12Cl2N4/c1-7-5-12-18-8(2)13(14(17)20(12)19-7)9-3-4-10(15)11(16)6-9/h3-6H,17H2,1-2H3. The molecule has 1 aromatic carbocycles. The van der Waals surface area contributed by atoms with Crippen LogP contribution in [0.5, 0.6) is 0 Å². The summed E-state index contributed by atoms with van der Waals surface area (Å²) < 4.78 is 1.64. The number of hydrogen-bond acceptors (Lipinski definition) is 3. The molecule has 0 aliphatic heterocycles. The molecule has 102 valence electrons. The molecule has 0 aliphatic carbocycles. The van der Waals surface area contributed by atoms with Gasteiger partial charge in [0.15, 0.2) is 5.65 Å². The Bertz CT molecular complexity index is 824. The first-order chi connectivity index (χ1) is 9.47. The van der Waals surface area contributed by atoms with Crippen molar-refractivity contribution in [3.8, 4) is 11.1 Å². The fraction of sp³-hybridized carbons (Fsp3) is 0.143. The van der Waals surface area contributed by atoms with Crippen molar-refractivity contribution in [3.63, 3.8) is 0 Å². The summed E-state index contributed by atoms with van der Waals surface area (Å²) in [6, 6.07) is 7.29. The Morgan fingerprint density at radius 3 is 2.55 bits per heavy atom. The van der Waals surface area contributed by atoms with Gasteiger partial charge in [-0.25, -0.2) is 4.98 Å². The molecule has 2 heterocycles. The van der Waals surface area contributed by atoms with Crippen LogP contribution in [0.25, 0.3) is 16.8 Å². The third-order valence-electron chi connectivity index (χ3n) is 3.15. The predicted octanol–water partition coefficient (Wildman–Crippen LogP) is 3.90. The molecule has 3 aromatic rings. The van der Waals surface area contributed by atoms with Gasteiger partial charge in [0.05, 0.1) is 21.4 Å². The van der Waals surface area contributed by atoms with Gasteiger partial charge in [0.2, 0.25) is 0 Å². The lowest BCUT2D eigenvalue weighted by Gasteiger charge is -2.11. The Morgan fingerprint density at radius 1 is 1.10 bits per heavy atom. The van der Waals surface area contributed by atoms with Gasteiger partial charge >= 0.3 is 0 Å². The Morgan fingerprint density at radius 2 is 1.85 bits per heavy atom. The first-order valence-corrected chi connectivity index (χ1v) is 6.81. The second-order valence-electron chi connectivity index (χ2n) is 4.64. The van der Waals surface area contributed by atoms with E-state index < -0.39 is 0 Å². The number of hydrogen-bond donors (Lipinski definition) is 1. The molecule has 0 aliphatic rings. The number of nitrogen functional groups attached to an aromatic ring is 1. The molecule has 0 unspecified atom stereocenters. The number of aryl methyl sites for hydroxylation is 2. The lowest BCUT2D eigenvalue weighted by atomic mass is 10.1. The van der Waals surface area contributed by atoms with Crippen LogP contribution in [0.2, 0.25) is 10.0 Å². The number of nitrogens with zero attached hydrogens (tertiary/aromatic N) is 3. The molecule has 0 saturated heterocycles. The van der Waals surface area contributed by atoms with E-state index in [4.69, 9.17) is 28.9 Å². The first-order valence-electron chi connectivity index (χ1n) is 6.05. The smallest absolute Gasteiger partial charge is 0.157 e. The van der Waals surface area contributed by atoms with Crippen LogP contribution in [0.15, 0.2) is 24.3 Å². The highest BCUT2D eigenvalue weighted by Crippen LogP contribution is 2.33. The number of benzene rings is 1. The van der Waals surface area contributed by atoms with Gasteiger partial charge in [0, 0.05) is 11.6 Å². The van der Waals surface area contributed by atoms with Gasteiger partial charge in [-0.3, -0.25) is 0 Å². The van der Waals surface area contributed by atoms with Crippen molar-refractivity contribution in [3.05, 3.63) is 45.7 Å². The van der Waals surface area contributed by atoms with Crippen molar-refractivity contribution in [2.45, 2.75) is 13.8 Å². The average Bonchev–Trinajstić information content (AvgIpc) is 2.74. The van der Waals surface area contributed by atoms with Gasteiger partial charge in [0.25, 0.3) is 0 Å². The quantitative estimate of drug-likeness (QED) is 0.741. The molecule has 0 atom stereocenters. The molecular formula is C14H12Cl2N4. The molecule has 0 bridgehead atoms. The Kier molecular flexibility index (Phi) is 3.07. The Labute approximate surface area is 126 Å². The fourth-order valence-electron chi connectivity index (χ4n) is 2.27. The van der Waals surface area contributed by atoms with Crippen molar-refractivity contribution in [2.75, 3.05) is 5.73 Å². The van der Waals surface area contributed by atoms with E-state index in [0.717, 1.165) is 28.2 Å². The van der Waals surface area contributed by atoms with Crippen molar-refractivity contribution in [2.24, 2.45) is 0 Å². The summed E-state index contributed by atoms with van der Waals surface area (Å²) in [7, 11) is 0. The SMILES string of the molecule is Cc1cc2nc(C)c(-c3ccc(Cl)c(Cl)c3)c(N)n2n1. The minimum absolute atomic E-state index is 0.486. The first kappa shape index (κ1) is 13.2. The number of anilines is 1. The highest BCUT2D eigenvalue weighted by atomic mass is 35.5. The summed E-state index contributed by atoms with van der Waals surface area (Å²) in [5, 5.41) is 5.35. The molecule has 3 rings (SSSR count). The maximum absolute atomic E-state index is 6.24. The summed E-state index contributed by atoms with van der Waals surface area (Å²) in [5.74, 6) is 0.541. The van der Waals surface area contributed by atoms with Gasteiger partial charge in [0.1, 0.15) is 5.82 Å². The minimum Gasteiger partial charge on any atom is -0.383 e. The van der Waals surface area contributed by atoms with Crippen LogP contribution in [0.4, 0.5) is 5.82 Å². The third-order valence-corrected chi connectivity index (χ3v) is 3.89. The van der Waals surface area contributed by atoms with Crippen LogP contribution in [0.3, 0.4) is 0 Å². The van der Waals surface area contributed by atoms with Gasteiger partial charge < -0.3 is 5.73 Å². The summed E-state index contributed by atoms with van der Waals surface area (Å²) in [5.41, 5.74) is 10.4. The summed E-state index contributed by atoms with van der Waals surface area (Å²) in [4.78, 5) is 4.53. The van der Waals surface area contributed by atoms with E-state index in [1.165, 1.54) is 0 Å². The molecule has 6 heteroatoms. The highest BCUT2D eigenvalue weighted by molar-refractivity contribution is 6.42. The average molecular weight is 307 g/mol. The summed E-state index contributed by atoms with van der Waals surface area (Å²) in [6.07, 6.45) is 0. The largest absolute Gasteiger partial charge is 0.383 e. The van der Waals surface area contributed by atoms with Gasteiger partial charge in [-0.2, -0.15) is 9.61 Å². The lowest BCUT2D eigenvalue weighted by Crippen LogP contribution is -2.05. The van der Waals surface area contributed by atoms with E-state index in [2.05, 4.69) is 10.1 Å². The zero-order valence-electron chi connectivity index (χ0n) is 11.0. The molecule has 0 fully saturated rings. The molecule has 20 heavy (non-hydrogen) atoms. The van der Waals surface area contributed by atoms with Gasteiger partial charge in [-0.05, 0) is 31.5 Å². The zero-order valence-corrected chi connectivity index (χ0v) is 12.5. The molecule has 4 nitrogen and oxygen atoms in total. The van der Waals surface area contributed by atoms with Gasteiger partial charge in [-0.1, -0.05) is 29.3 Å². The molecule has 2 N–H and O–H groups in total. The Balaban J connectivity index is 2.32. The maximum Gasteiger partial charge on any atom is 0.157 e. The lowest BCUT2D eigenvalue weighted by molar-refractivity contribution is 0.923. The number of aromatic nitrogens is 3. The topological polar surface area (TPSA) is 56.2 Å². The highest BCUT2D eigenvalue weighted by Gasteiger charge is 2.14. The van der Waals surface area contributed by atoms with E-state index >= 15 is 0 Å². The van der Waals surface area contributed by atoms with E-state index in [0.29, 0.717) is 15.9 Å². The van der Waals surface area contributed by atoms with Crippen LogP contribution >= 0.6 is 23.2 Å². The van der Waals surface area contributed by atoms with Crippen LogP contribution in [-0.4, -0.2) is 14.6 Å². The van der Waals surface area contributed by atoms with E-state index in [9.17, 15) is 0 Å². The van der Waals surface area contributed by atoms with Crippen LogP contribution in [0.1, 0.15) is 11.4 Å². The Hall–Kier alpha value is -1.78. The number of halogens is 2. The molecule has 0 saturated carbocycles. The fourth-order valence-corrected chi connectivity index (χ4v) is 2.57. The van der Waals surface area contributed by atoms with Gasteiger partial charge in [-0.15, -0.1) is 0 Å². The summed E-state index contributed by atoms with van der Waals surface area (Å²) in [6.45, 7) is 3.82. The van der Waals surface area contributed by atoms with Crippen molar-refractivity contribution in [1.29, 1.82) is 0 Å². The molecule has 0 radical (unpaired) electrons. The number of rotatable bonds is 1. The zero-order chi connectivity index (χ0) is 14.4. The molecule has 0 spiro atoms. The normalized spacial score (nSPS) is 11.2.